The quantitative estimate of drug-likeness (QED) is 0.524. The lowest BCUT2D eigenvalue weighted by Gasteiger charge is -2.24. The van der Waals surface area contributed by atoms with Gasteiger partial charge < -0.3 is 10.1 Å². The molecular formula is C13H24N4O3S. The Bertz CT molecular complexity index is 510. The topological polar surface area (TPSA) is 89.0 Å². The van der Waals surface area contributed by atoms with Crippen molar-refractivity contribution < 1.29 is 9.53 Å². The summed E-state index contributed by atoms with van der Waals surface area (Å²) >= 11 is 1.25. The van der Waals surface area contributed by atoms with E-state index in [1.807, 2.05) is 20.8 Å². The summed E-state index contributed by atoms with van der Waals surface area (Å²) in [5.74, 6) is 0.170. The third kappa shape index (κ3) is 5.92. The minimum atomic E-state index is -0.261. The number of nitrogens with zero attached hydrogens (tertiary/aromatic N) is 2. The SMILES string of the molecule is CCC(C)(C)NC(=O)CSc1n[nH]c(=O)n1CCCOC. The van der Waals surface area contributed by atoms with Crippen LogP contribution >= 0.6 is 11.8 Å². The van der Waals surface area contributed by atoms with Crippen LogP contribution in [0.1, 0.15) is 33.6 Å². The lowest BCUT2D eigenvalue weighted by atomic mass is 10.0. The lowest BCUT2D eigenvalue weighted by Crippen LogP contribution is -2.43. The van der Waals surface area contributed by atoms with E-state index in [1.165, 1.54) is 16.3 Å². The van der Waals surface area contributed by atoms with Crippen molar-refractivity contribution in [3.05, 3.63) is 10.5 Å². The van der Waals surface area contributed by atoms with Gasteiger partial charge in [0.2, 0.25) is 5.91 Å². The molecule has 0 radical (unpaired) electrons. The zero-order valence-corrected chi connectivity index (χ0v) is 13.9. The van der Waals surface area contributed by atoms with E-state index in [4.69, 9.17) is 4.74 Å². The fraction of sp³-hybridized carbons (Fsp3) is 0.769. The molecule has 2 N–H and O–H groups in total. The maximum Gasteiger partial charge on any atom is 0.343 e. The minimum Gasteiger partial charge on any atom is -0.385 e. The zero-order valence-electron chi connectivity index (χ0n) is 13.1. The average molecular weight is 316 g/mol. The highest BCUT2D eigenvalue weighted by Gasteiger charge is 2.18. The zero-order chi connectivity index (χ0) is 15.9. The Kier molecular flexibility index (Phi) is 6.97. The number of nitrogens with one attached hydrogen (secondary N) is 2. The van der Waals surface area contributed by atoms with Gasteiger partial charge in [0.05, 0.1) is 5.75 Å². The highest BCUT2D eigenvalue weighted by atomic mass is 32.2. The highest BCUT2D eigenvalue weighted by Crippen LogP contribution is 2.14. The number of hydrogen-bond donors (Lipinski definition) is 2. The predicted molar refractivity (Wildman–Crippen MR) is 82.6 cm³/mol. The van der Waals surface area contributed by atoms with Crippen molar-refractivity contribution in [1.29, 1.82) is 0 Å². The van der Waals surface area contributed by atoms with Crippen LogP contribution in [0.25, 0.3) is 0 Å². The molecule has 1 heterocycles. The van der Waals surface area contributed by atoms with Gasteiger partial charge in [-0.2, -0.15) is 0 Å². The molecular weight excluding hydrogens is 292 g/mol. The molecule has 21 heavy (non-hydrogen) atoms. The normalized spacial score (nSPS) is 11.6. The molecule has 1 aromatic heterocycles. The lowest BCUT2D eigenvalue weighted by molar-refractivity contribution is -0.120. The summed E-state index contributed by atoms with van der Waals surface area (Å²) in [6, 6.07) is 0. The minimum absolute atomic E-state index is 0.0641. The van der Waals surface area contributed by atoms with Crippen LogP contribution in [0.5, 0.6) is 0 Å². The van der Waals surface area contributed by atoms with Crippen molar-refractivity contribution in [2.45, 2.75) is 50.9 Å². The standard InChI is InChI=1S/C13H24N4O3S/c1-5-13(2,3)14-10(18)9-21-12-16-15-11(19)17(12)7-6-8-20-4/h5-9H2,1-4H3,(H,14,18)(H,15,19). The first-order valence-corrected chi connectivity index (χ1v) is 7.96. The van der Waals surface area contributed by atoms with Gasteiger partial charge in [0.1, 0.15) is 0 Å². The van der Waals surface area contributed by atoms with Gasteiger partial charge in [0.25, 0.3) is 0 Å². The van der Waals surface area contributed by atoms with Gasteiger partial charge in [-0.3, -0.25) is 9.36 Å². The van der Waals surface area contributed by atoms with Crippen LogP contribution in [-0.2, 0) is 16.1 Å². The summed E-state index contributed by atoms with van der Waals surface area (Å²) in [4.78, 5) is 23.5. The number of rotatable bonds is 9. The third-order valence-corrected chi connectivity index (χ3v) is 4.12. The van der Waals surface area contributed by atoms with Crippen molar-refractivity contribution in [2.24, 2.45) is 0 Å². The molecule has 120 valence electrons. The number of methoxy groups -OCH3 is 1. The Balaban J connectivity index is 2.55. The summed E-state index contributed by atoms with van der Waals surface area (Å²) in [5.41, 5.74) is -0.482. The fourth-order valence-electron chi connectivity index (χ4n) is 1.61. The van der Waals surface area contributed by atoms with E-state index >= 15 is 0 Å². The van der Waals surface area contributed by atoms with Gasteiger partial charge in [-0.25, -0.2) is 9.89 Å². The van der Waals surface area contributed by atoms with Crippen molar-refractivity contribution in [1.82, 2.24) is 20.1 Å². The van der Waals surface area contributed by atoms with Crippen molar-refractivity contribution >= 4 is 17.7 Å². The van der Waals surface area contributed by atoms with Crippen LogP contribution in [0.3, 0.4) is 0 Å². The number of ether oxygens (including phenoxy) is 1. The molecule has 7 nitrogen and oxygen atoms in total. The Morgan fingerprint density at radius 3 is 2.86 bits per heavy atom. The Morgan fingerprint density at radius 2 is 2.24 bits per heavy atom. The van der Waals surface area contributed by atoms with Gasteiger partial charge in [-0.15, -0.1) is 5.10 Å². The number of aromatic nitrogens is 3. The van der Waals surface area contributed by atoms with Crippen LogP contribution in [-0.4, -0.2) is 45.7 Å². The summed E-state index contributed by atoms with van der Waals surface area (Å²) in [5, 5.41) is 9.84. The van der Waals surface area contributed by atoms with Crippen LogP contribution in [0.15, 0.2) is 9.95 Å². The number of thioether (sulfide) groups is 1. The van der Waals surface area contributed by atoms with Crippen LogP contribution in [0.2, 0.25) is 0 Å². The van der Waals surface area contributed by atoms with Crippen LogP contribution in [0.4, 0.5) is 0 Å². The highest BCUT2D eigenvalue weighted by molar-refractivity contribution is 7.99. The molecule has 1 aromatic rings. The van der Waals surface area contributed by atoms with Crippen LogP contribution in [0, 0.1) is 0 Å². The van der Waals surface area contributed by atoms with E-state index in [0.29, 0.717) is 18.3 Å². The van der Waals surface area contributed by atoms with Crippen LogP contribution < -0.4 is 11.0 Å². The Labute approximate surface area is 128 Å². The van der Waals surface area contributed by atoms with E-state index in [1.54, 1.807) is 7.11 Å². The molecule has 0 aliphatic rings. The molecule has 0 aliphatic heterocycles. The van der Waals surface area contributed by atoms with Gasteiger partial charge >= 0.3 is 5.69 Å². The fourth-order valence-corrected chi connectivity index (χ4v) is 2.38. The molecule has 0 bridgehead atoms. The van der Waals surface area contributed by atoms with Crippen molar-refractivity contribution in [2.75, 3.05) is 19.5 Å². The number of carbonyl (C=O) groups excluding carboxylic acids is 1. The second kappa shape index (κ2) is 8.23. The summed E-state index contributed by atoms with van der Waals surface area (Å²) in [7, 11) is 1.62. The molecule has 0 spiro atoms. The molecule has 1 amide bonds. The van der Waals surface area contributed by atoms with Gasteiger partial charge in [-0.05, 0) is 26.7 Å². The van der Waals surface area contributed by atoms with Gasteiger partial charge in [0, 0.05) is 25.8 Å². The summed E-state index contributed by atoms with van der Waals surface area (Å²) < 4.78 is 6.50. The number of carbonyl (C=O) groups is 1. The number of amides is 1. The smallest absolute Gasteiger partial charge is 0.343 e. The molecule has 0 saturated heterocycles. The van der Waals surface area contributed by atoms with E-state index in [2.05, 4.69) is 15.5 Å². The molecule has 0 saturated carbocycles. The van der Waals surface area contributed by atoms with Crippen molar-refractivity contribution in [3.63, 3.8) is 0 Å². The average Bonchev–Trinajstić information content (AvgIpc) is 2.77. The first-order chi connectivity index (χ1) is 9.89. The van der Waals surface area contributed by atoms with E-state index in [9.17, 15) is 9.59 Å². The number of aromatic amines is 1. The maximum atomic E-state index is 11.9. The van der Waals surface area contributed by atoms with E-state index in [0.717, 1.165) is 12.8 Å². The molecule has 0 unspecified atom stereocenters. The predicted octanol–water partition coefficient (Wildman–Crippen LogP) is 1.00. The summed E-state index contributed by atoms with van der Waals surface area (Å²) in [6.07, 6.45) is 1.58. The summed E-state index contributed by atoms with van der Waals surface area (Å²) in [6.45, 7) is 7.07. The molecule has 0 aromatic carbocycles. The van der Waals surface area contributed by atoms with Gasteiger partial charge in [-0.1, -0.05) is 18.7 Å². The largest absolute Gasteiger partial charge is 0.385 e. The Morgan fingerprint density at radius 1 is 1.52 bits per heavy atom. The second-order valence-electron chi connectivity index (χ2n) is 5.38. The second-order valence-corrected chi connectivity index (χ2v) is 6.33. The molecule has 8 heteroatoms. The molecule has 0 fully saturated rings. The number of hydrogen-bond acceptors (Lipinski definition) is 5. The first-order valence-electron chi connectivity index (χ1n) is 6.97. The van der Waals surface area contributed by atoms with Gasteiger partial charge in [0.15, 0.2) is 5.16 Å². The molecule has 0 atom stereocenters. The third-order valence-electron chi connectivity index (χ3n) is 3.15. The monoisotopic (exact) mass is 316 g/mol. The molecule has 0 aliphatic carbocycles. The van der Waals surface area contributed by atoms with Crippen molar-refractivity contribution in [3.8, 4) is 0 Å². The molecule has 1 rings (SSSR count). The Hall–Kier alpha value is -1.28. The van der Waals surface area contributed by atoms with E-state index in [-0.39, 0.29) is 22.9 Å². The maximum absolute atomic E-state index is 11.9. The number of H-pyrrole nitrogens is 1. The van der Waals surface area contributed by atoms with E-state index < -0.39 is 0 Å². The first kappa shape index (κ1) is 17.8.